The summed E-state index contributed by atoms with van der Waals surface area (Å²) in [6, 6.07) is 31.5. The van der Waals surface area contributed by atoms with E-state index in [1.807, 2.05) is 54.6 Å². The number of para-hydroxylation sites is 2. The van der Waals surface area contributed by atoms with Gasteiger partial charge in [0.2, 0.25) is 5.82 Å². The Labute approximate surface area is 241 Å². The highest BCUT2D eigenvalue weighted by atomic mass is 16.5. The van der Waals surface area contributed by atoms with Gasteiger partial charge in [-0.15, -0.1) is 0 Å². The average molecular weight is 553 g/mol. The third kappa shape index (κ3) is 4.27. The first-order valence-electron chi connectivity index (χ1n) is 13.8. The molecule has 7 heteroatoms. The van der Waals surface area contributed by atoms with Gasteiger partial charge >= 0.3 is 0 Å². The molecule has 3 aromatic heterocycles. The number of nitrogens with zero attached hydrogens (tertiary/aromatic N) is 4. The number of rotatable bonds is 6. The molecule has 0 radical (unpaired) electrons. The molecule has 0 atom stereocenters. The van der Waals surface area contributed by atoms with Crippen LogP contribution in [0.2, 0.25) is 0 Å². The van der Waals surface area contributed by atoms with Crippen molar-refractivity contribution < 1.29 is 9.15 Å². The van der Waals surface area contributed by atoms with Crippen LogP contribution < -0.4 is 10.3 Å². The standard InChI is InChI=1S/C35H28N4O3/c1-22-10-8-11-24(18-22)21-38-23(2)28(25-12-5-7-15-30(25)38)20-36-39-34(37-29-14-6-4-13-26(29)35(39)40)33-19-27-31(41-3)16-9-17-32(27)42-33/h4-20H,21H2,1-3H3. The zero-order valence-electron chi connectivity index (χ0n) is 23.5. The smallest absolute Gasteiger partial charge is 0.282 e. The largest absolute Gasteiger partial charge is 0.496 e. The Bertz CT molecular complexity index is 2220. The molecular formula is C35H28N4O3. The van der Waals surface area contributed by atoms with Crippen LogP contribution in [0.3, 0.4) is 0 Å². The zero-order valence-corrected chi connectivity index (χ0v) is 23.5. The van der Waals surface area contributed by atoms with Crippen LogP contribution in [-0.4, -0.2) is 27.6 Å². The van der Waals surface area contributed by atoms with Gasteiger partial charge in [-0.2, -0.15) is 9.78 Å². The Morgan fingerprint density at radius 3 is 2.50 bits per heavy atom. The third-order valence-electron chi connectivity index (χ3n) is 7.72. The maximum Gasteiger partial charge on any atom is 0.282 e. The molecule has 0 N–H and O–H groups in total. The topological polar surface area (TPSA) is 74.6 Å². The van der Waals surface area contributed by atoms with Crippen LogP contribution in [0.4, 0.5) is 0 Å². The van der Waals surface area contributed by atoms with E-state index in [0.29, 0.717) is 33.8 Å². The van der Waals surface area contributed by atoms with Crippen molar-refractivity contribution in [1.82, 2.24) is 14.2 Å². The average Bonchev–Trinajstić information content (AvgIpc) is 3.56. The van der Waals surface area contributed by atoms with Gasteiger partial charge in [0, 0.05) is 28.7 Å². The number of ether oxygens (including phenoxy) is 1. The second-order valence-corrected chi connectivity index (χ2v) is 10.4. The van der Waals surface area contributed by atoms with Crippen LogP contribution in [-0.2, 0) is 6.54 Å². The molecule has 0 saturated carbocycles. The zero-order chi connectivity index (χ0) is 28.8. The monoisotopic (exact) mass is 552 g/mol. The first-order valence-corrected chi connectivity index (χ1v) is 13.8. The summed E-state index contributed by atoms with van der Waals surface area (Å²) in [4.78, 5) is 18.7. The molecule has 0 spiro atoms. The van der Waals surface area contributed by atoms with Crippen molar-refractivity contribution >= 4 is 39.0 Å². The molecule has 42 heavy (non-hydrogen) atoms. The van der Waals surface area contributed by atoms with Crippen molar-refractivity contribution in [2.75, 3.05) is 7.11 Å². The summed E-state index contributed by atoms with van der Waals surface area (Å²) in [5.74, 6) is 1.42. The molecule has 0 fully saturated rings. The van der Waals surface area contributed by atoms with E-state index in [1.54, 1.807) is 19.4 Å². The van der Waals surface area contributed by atoms with Crippen molar-refractivity contribution in [3.8, 4) is 17.3 Å². The van der Waals surface area contributed by atoms with Gasteiger partial charge in [-0.25, -0.2) is 4.98 Å². The Balaban J connectivity index is 1.41. The second-order valence-electron chi connectivity index (χ2n) is 10.4. The Kier molecular flexibility index (Phi) is 6.20. The number of fused-ring (bicyclic) bond motifs is 3. The SMILES string of the molecule is COc1cccc2oc(-c3nc4ccccc4c(=O)n3N=Cc3c(C)n(Cc4cccc(C)c4)c4ccccc34)cc12. The molecule has 4 aromatic carbocycles. The maximum atomic E-state index is 13.8. The van der Waals surface area contributed by atoms with Crippen LogP contribution >= 0.6 is 0 Å². The Morgan fingerprint density at radius 1 is 0.881 bits per heavy atom. The molecule has 0 aliphatic carbocycles. The molecule has 7 aromatic rings. The van der Waals surface area contributed by atoms with Crippen molar-refractivity contribution in [2.24, 2.45) is 5.10 Å². The molecule has 0 bridgehead atoms. The number of aromatic nitrogens is 3. The number of benzene rings is 4. The van der Waals surface area contributed by atoms with Crippen LogP contribution in [0.25, 0.3) is 44.4 Å². The van der Waals surface area contributed by atoms with E-state index >= 15 is 0 Å². The molecule has 7 rings (SSSR count). The van der Waals surface area contributed by atoms with Crippen molar-refractivity contribution in [3.05, 3.63) is 130 Å². The van der Waals surface area contributed by atoms with E-state index in [4.69, 9.17) is 19.2 Å². The van der Waals surface area contributed by atoms with Gasteiger partial charge in [-0.3, -0.25) is 4.79 Å². The summed E-state index contributed by atoms with van der Waals surface area (Å²) in [7, 11) is 1.62. The minimum absolute atomic E-state index is 0.277. The molecule has 0 aliphatic rings. The summed E-state index contributed by atoms with van der Waals surface area (Å²) in [6.07, 6.45) is 1.76. The number of hydrogen-bond donors (Lipinski definition) is 0. The van der Waals surface area contributed by atoms with Gasteiger partial charge in [-0.05, 0) is 55.8 Å². The molecule has 7 nitrogen and oxygen atoms in total. The minimum Gasteiger partial charge on any atom is -0.496 e. The lowest BCUT2D eigenvalue weighted by atomic mass is 10.1. The van der Waals surface area contributed by atoms with Crippen LogP contribution in [0.1, 0.15) is 22.4 Å². The number of aryl methyl sites for hydroxylation is 1. The minimum atomic E-state index is -0.277. The van der Waals surface area contributed by atoms with E-state index in [1.165, 1.54) is 15.8 Å². The normalized spacial score (nSPS) is 11.8. The first-order chi connectivity index (χ1) is 20.5. The molecule has 0 saturated heterocycles. The number of furan rings is 1. The number of hydrogen-bond acceptors (Lipinski definition) is 5. The quantitative estimate of drug-likeness (QED) is 0.203. The van der Waals surface area contributed by atoms with E-state index in [9.17, 15) is 4.79 Å². The highest BCUT2D eigenvalue weighted by Crippen LogP contribution is 2.33. The maximum absolute atomic E-state index is 13.8. The summed E-state index contributed by atoms with van der Waals surface area (Å²) in [5.41, 5.74) is 6.47. The summed E-state index contributed by atoms with van der Waals surface area (Å²) < 4.78 is 15.3. The fourth-order valence-electron chi connectivity index (χ4n) is 5.65. The van der Waals surface area contributed by atoms with Gasteiger partial charge in [-0.1, -0.05) is 66.2 Å². The molecular weight excluding hydrogens is 524 g/mol. The fourth-order valence-corrected chi connectivity index (χ4v) is 5.65. The molecule has 206 valence electrons. The molecule has 0 amide bonds. The van der Waals surface area contributed by atoms with E-state index in [2.05, 4.69) is 54.8 Å². The predicted molar refractivity (Wildman–Crippen MR) is 168 cm³/mol. The fraction of sp³-hybridized carbons (Fsp3) is 0.114. The van der Waals surface area contributed by atoms with Crippen LogP contribution in [0.15, 0.2) is 111 Å². The van der Waals surface area contributed by atoms with E-state index in [0.717, 1.165) is 34.1 Å². The van der Waals surface area contributed by atoms with E-state index < -0.39 is 0 Å². The van der Waals surface area contributed by atoms with Gasteiger partial charge in [0.05, 0.1) is 29.6 Å². The molecule has 0 aliphatic heterocycles. The lowest BCUT2D eigenvalue weighted by Gasteiger charge is -2.09. The van der Waals surface area contributed by atoms with Gasteiger partial charge in [0.15, 0.2) is 5.76 Å². The van der Waals surface area contributed by atoms with Crippen molar-refractivity contribution in [1.29, 1.82) is 0 Å². The van der Waals surface area contributed by atoms with Crippen LogP contribution in [0, 0.1) is 13.8 Å². The lowest BCUT2D eigenvalue weighted by Crippen LogP contribution is -2.20. The van der Waals surface area contributed by atoms with Crippen molar-refractivity contribution in [3.63, 3.8) is 0 Å². The Morgan fingerprint density at radius 2 is 1.67 bits per heavy atom. The van der Waals surface area contributed by atoms with Gasteiger partial charge < -0.3 is 13.7 Å². The highest BCUT2D eigenvalue weighted by Gasteiger charge is 2.19. The summed E-state index contributed by atoms with van der Waals surface area (Å²) >= 11 is 0. The molecule has 3 heterocycles. The molecule has 0 unspecified atom stereocenters. The number of methoxy groups -OCH3 is 1. The Hall–Kier alpha value is -5.43. The van der Waals surface area contributed by atoms with Crippen LogP contribution in [0.5, 0.6) is 5.75 Å². The first kappa shape index (κ1) is 25.5. The second kappa shape index (κ2) is 10.2. The summed E-state index contributed by atoms with van der Waals surface area (Å²) in [6.45, 7) is 4.92. The van der Waals surface area contributed by atoms with Gasteiger partial charge in [0.1, 0.15) is 11.3 Å². The lowest BCUT2D eigenvalue weighted by molar-refractivity contribution is 0.419. The third-order valence-corrected chi connectivity index (χ3v) is 7.72. The highest BCUT2D eigenvalue weighted by molar-refractivity contribution is 6.01. The predicted octanol–water partition coefficient (Wildman–Crippen LogP) is 7.32. The van der Waals surface area contributed by atoms with E-state index in [-0.39, 0.29) is 5.56 Å². The summed E-state index contributed by atoms with van der Waals surface area (Å²) in [5, 5.41) is 7.10. The van der Waals surface area contributed by atoms with Gasteiger partial charge in [0.25, 0.3) is 5.56 Å². The van der Waals surface area contributed by atoms with Crippen molar-refractivity contribution in [2.45, 2.75) is 20.4 Å².